The third-order valence-corrected chi connectivity index (χ3v) is 9.61. The maximum absolute atomic E-state index is 13.1. The van der Waals surface area contributed by atoms with Crippen LogP contribution in [0, 0.1) is 7.14 Å². The molecule has 2 aromatic carbocycles. The summed E-state index contributed by atoms with van der Waals surface area (Å²) in [6.07, 6.45) is 0.0868. The lowest BCUT2D eigenvalue weighted by Crippen LogP contribution is -2.33. The predicted molar refractivity (Wildman–Crippen MR) is 176 cm³/mol. The van der Waals surface area contributed by atoms with E-state index in [1.54, 1.807) is 12.1 Å². The third kappa shape index (κ3) is 7.32. The molecule has 0 radical (unpaired) electrons. The number of halogens is 2. The molecule has 38 heavy (non-hydrogen) atoms. The average molecular weight is 809 g/mol. The Morgan fingerprint density at radius 1 is 0.737 bits per heavy atom. The highest BCUT2D eigenvalue weighted by molar-refractivity contribution is 14.1. The molecule has 0 bridgehead atoms. The van der Waals surface area contributed by atoms with Gasteiger partial charge in [-0.15, -0.1) is 0 Å². The minimum atomic E-state index is -0.431. The van der Waals surface area contributed by atoms with Gasteiger partial charge in [-0.2, -0.15) is 0 Å². The van der Waals surface area contributed by atoms with Crippen molar-refractivity contribution in [1.29, 1.82) is 0 Å². The molecule has 2 heterocycles. The number of anilines is 2. The van der Waals surface area contributed by atoms with E-state index in [2.05, 4.69) is 55.8 Å². The molecule has 2 N–H and O–H groups in total. The first-order chi connectivity index (χ1) is 18.1. The van der Waals surface area contributed by atoms with Crippen LogP contribution >= 0.6 is 93.1 Å². The van der Waals surface area contributed by atoms with E-state index in [0.29, 0.717) is 11.4 Å². The number of thioether (sulfide) groups is 2. The fraction of sp³-hybridized carbons (Fsp3) is 0.167. The van der Waals surface area contributed by atoms with E-state index in [0.717, 1.165) is 30.7 Å². The molecular formula is C24H18I2N4O4S4. The summed E-state index contributed by atoms with van der Waals surface area (Å²) in [5.74, 6) is -1.37. The van der Waals surface area contributed by atoms with Gasteiger partial charge in [-0.25, -0.2) is 0 Å². The summed E-state index contributed by atoms with van der Waals surface area (Å²) in [7, 11) is 0. The van der Waals surface area contributed by atoms with Crippen LogP contribution in [0.1, 0.15) is 12.8 Å². The second kappa shape index (κ2) is 13.2. The van der Waals surface area contributed by atoms with Gasteiger partial charge in [0, 0.05) is 44.4 Å². The molecule has 0 aromatic heterocycles. The summed E-state index contributed by atoms with van der Waals surface area (Å²) in [6, 6.07) is 14.8. The predicted octanol–water partition coefficient (Wildman–Crippen LogP) is 5.19. The number of amides is 4. The van der Waals surface area contributed by atoms with Crippen LogP contribution in [0.2, 0.25) is 0 Å². The van der Waals surface area contributed by atoms with Crippen LogP contribution in [0.4, 0.5) is 11.4 Å². The number of hydrogen-bond donors (Lipinski definition) is 2. The van der Waals surface area contributed by atoms with Crippen molar-refractivity contribution in [2.75, 3.05) is 23.7 Å². The van der Waals surface area contributed by atoms with Crippen LogP contribution in [0.15, 0.2) is 58.3 Å². The normalized spacial score (nSPS) is 17.4. The number of benzene rings is 2. The number of thiocarbonyl (C=S) groups is 2. The van der Waals surface area contributed by atoms with Crippen molar-refractivity contribution in [2.45, 2.75) is 12.8 Å². The fourth-order valence-electron chi connectivity index (χ4n) is 3.46. The van der Waals surface area contributed by atoms with E-state index in [1.807, 2.05) is 36.4 Å². The van der Waals surface area contributed by atoms with Crippen molar-refractivity contribution < 1.29 is 19.2 Å². The highest BCUT2D eigenvalue weighted by Crippen LogP contribution is 2.42. The average Bonchev–Trinajstić information content (AvgIpc) is 3.29. The van der Waals surface area contributed by atoms with Crippen molar-refractivity contribution in [3.8, 4) is 0 Å². The van der Waals surface area contributed by atoms with Crippen molar-refractivity contribution in [3.63, 3.8) is 0 Å². The second-order valence-corrected chi connectivity index (χ2v) is 13.7. The quantitative estimate of drug-likeness (QED) is 0.214. The van der Waals surface area contributed by atoms with Gasteiger partial charge in [-0.1, -0.05) is 60.1 Å². The molecule has 2 aliphatic heterocycles. The minimum absolute atomic E-state index is 0.0434. The Bertz CT molecular complexity index is 1300. The smallest absolute Gasteiger partial charge is 0.267 e. The maximum atomic E-state index is 13.1. The van der Waals surface area contributed by atoms with Gasteiger partial charge in [0.1, 0.15) is 8.64 Å². The van der Waals surface area contributed by atoms with E-state index in [1.165, 1.54) is 9.80 Å². The molecule has 8 nitrogen and oxygen atoms in total. The Morgan fingerprint density at radius 2 is 1.13 bits per heavy atom. The van der Waals surface area contributed by atoms with E-state index in [9.17, 15) is 19.2 Å². The Morgan fingerprint density at radius 3 is 1.50 bits per heavy atom. The monoisotopic (exact) mass is 808 g/mol. The van der Waals surface area contributed by atoms with Gasteiger partial charge >= 0.3 is 0 Å². The van der Waals surface area contributed by atoms with Crippen LogP contribution in [0.3, 0.4) is 0 Å². The van der Waals surface area contributed by atoms with E-state index >= 15 is 0 Å². The molecule has 14 heteroatoms. The standard InChI is InChI=1S/C24H18I2N4O4S4/c25-13-3-1-5-15(11-13)27-17(31)7-9-29-21(33)19(37-23(29)35)20-22(34)30(24(36)38-20)10-8-18(32)28-16-6-2-4-14(26)12-16/h1-6,11-12H,7-10H2,(H,27,31)(H,28,32). The number of rotatable bonds is 8. The van der Waals surface area contributed by atoms with E-state index in [4.69, 9.17) is 24.4 Å². The van der Waals surface area contributed by atoms with Gasteiger partial charge < -0.3 is 10.6 Å². The molecule has 2 aliphatic rings. The zero-order valence-corrected chi connectivity index (χ0v) is 26.9. The van der Waals surface area contributed by atoms with E-state index in [-0.39, 0.29) is 56.2 Å². The Hall–Kier alpha value is -1.60. The summed E-state index contributed by atoms with van der Waals surface area (Å²) in [5.41, 5.74) is 1.34. The van der Waals surface area contributed by atoms with Crippen LogP contribution in [-0.2, 0) is 19.2 Å². The Kier molecular flexibility index (Phi) is 10.2. The first kappa shape index (κ1) is 29.4. The lowest BCUT2D eigenvalue weighted by molar-refractivity contribution is -0.125. The largest absolute Gasteiger partial charge is 0.326 e. The summed E-state index contributed by atoms with van der Waals surface area (Å²) in [4.78, 5) is 54.0. The molecule has 2 saturated heterocycles. The van der Waals surface area contributed by atoms with Gasteiger partial charge in [0.2, 0.25) is 11.8 Å². The lowest BCUT2D eigenvalue weighted by atomic mass is 10.3. The topological polar surface area (TPSA) is 98.8 Å². The number of nitrogens with zero attached hydrogens (tertiary/aromatic N) is 2. The van der Waals surface area contributed by atoms with Crippen molar-refractivity contribution >= 4 is 137 Å². The summed E-state index contributed by atoms with van der Waals surface area (Å²) >= 11 is 17.1. The molecule has 0 saturated carbocycles. The van der Waals surface area contributed by atoms with Crippen LogP contribution in [0.25, 0.3) is 0 Å². The first-order valence-electron chi connectivity index (χ1n) is 11.0. The molecule has 0 spiro atoms. The fourth-order valence-corrected chi connectivity index (χ4v) is 7.32. The molecule has 0 atom stereocenters. The zero-order valence-electron chi connectivity index (χ0n) is 19.4. The second-order valence-electron chi connectivity index (χ2n) is 7.92. The van der Waals surface area contributed by atoms with Gasteiger partial charge in [0.05, 0.1) is 9.81 Å². The highest BCUT2D eigenvalue weighted by Gasteiger charge is 2.42. The zero-order chi connectivity index (χ0) is 27.4. The Labute approximate surface area is 265 Å². The van der Waals surface area contributed by atoms with Crippen LogP contribution < -0.4 is 10.6 Å². The molecule has 0 unspecified atom stereocenters. The molecule has 4 amide bonds. The number of hydrogen-bond acceptors (Lipinski definition) is 8. The molecule has 2 aromatic rings. The van der Waals surface area contributed by atoms with Gasteiger partial charge in [-0.05, 0) is 81.6 Å². The highest BCUT2D eigenvalue weighted by atomic mass is 127. The summed E-state index contributed by atoms with van der Waals surface area (Å²) in [6.45, 7) is 0.172. The summed E-state index contributed by atoms with van der Waals surface area (Å²) in [5, 5.41) is 5.61. The van der Waals surface area contributed by atoms with Crippen LogP contribution in [-0.4, -0.2) is 55.2 Å². The molecule has 2 fully saturated rings. The number of carbonyl (C=O) groups excluding carboxylic acids is 4. The van der Waals surface area contributed by atoms with Crippen LogP contribution in [0.5, 0.6) is 0 Å². The van der Waals surface area contributed by atoms with Gasteiger partial charge in [-0.3, -0.25) is 29.0 Å². The minimum Gasteiger partial charge on any atom is -0.326 e. The molecule has 196 valence electrons. The number of nitrogens with one attached hydrogen (secondary N) is 2. The van der Waals surface area contributed by atoms with E-state index < -0.39 is 11.8 Å². The maximum Gasteiger partial charge on any atom is 0.267 e. The Balaban J connectivity index is 1.35. The third-order valence-electron chi connectivity index (χ3n) is 5.25. The van der Waals surface area contributed by atoms with Gasteiger partial charge in [0.15, 0.2) is 0 Å². The first-order valence-corrected chi connectivity index (χ1v) is 15.7. The van der Waals surface area contributed by atoms with Gasteiger partial charge in [0.25, 0.3) is 11.8 Å². The lowest BCUT2D eigenvalue weighted by Gasteiger charge is -2.15. The van der Waals surface area contributed by atoms with Crippen molar-refractivity contribution in [2.24, 2.45) is 0 Å². The summed E-state index contributed by atoms with van der Waals surface area (Å²) < 4.78 is 2.52. The molecular weight excluding hydrogens is 790 g/mol. The van der Waals surface area contributed by atoms with Crippen molar-refractivity contribution in [3.05, 3.63) is 65.5 Å². The SMILES string of the molecule is O=C(CCN1C(=O)C(=C2SC(=S)N(CCC(=O)Nc3cccc(I)c3)C2=O)SC1=S)Nc1cccc(I)c1. The van der Waals surface area contributed by atoms with Crippen molar-refractivity contribution in [1.82, 2.24) is 9.80 Å². The number of carbonyl (C=O) groups is 4. The molecule has 0 aliphatic carbocycles. The molecule has 4 rings (SSSR count).